The van der Waals surface area contributed by atoms with Gasteiger partial charge < -0.3 is 10.6 Å². The summed E-state index contributed by atoms with van der Waals surface area (Å²) in [6, 6.07) is 2.00. The molecule has 2 aliphatic carbocycles. The molecule has 0 saturated heterocycles. The molecular weight excluding hydrogens is 340 g/mol. The average molecular weight is 378 g/mol. The molecule has 0 unspecified atom stereocenters. The van der Waals surface area contributed by atoms with Crippen LogP contribution in [0.15, 0.2) is 44.2 Å². The van der Waals surface area contributed by atoms with Crippen LogP contribution < -0.4 is 0 Å². The number of nitrogens with zero attached hydrogens (tertiary/aromatic N) is 2. The van der Waals surface area contributed by atoms with Gasteiger partial charge in [-0.25, -0.2) is 0 Å². The molecule has 0 atom stereocenters. The molecule has 0 aromatic heterocycles. The van der Waals surface area contributed by atoms with Crippen molar-refractivity contribution in [3.05, 3.63) is 54.8 Å². The van der Waals surface area contributed by atoms with E-state index in [4.69, 9.17) is 0 Å². The summed E-state index contributed by atoms with van der Waals surface area (Å²) >= 11 is 0.0833. The third-order valence-electron chi connectivity index (χ3n) is 3.06. The van der Waals surface area contributed by atoms with Gasteiger partial charge in [-0.2, -0.15) is 0 Å². The maximum Gasteiger partial charge on any atom is -0.0818 e. The van der Waals surface area contributed by atoms with Crippen molar-refractivity contribution < 1.29 is 19.2 Å². The summed E-state index contributed by atoms with van der Waals surface area (Å²) in [6.45, 7) is 16.8. The number of hydrogen-bond acceptors (Lipinski definition) is 0. The molecule has 3 heteroatoms. The van der Waals surface area contributed by atoms with Crippen molar-refractivity contribution in [1.29, 1.82) is 0 Å². The Morgan fingerprint density at radius 1 is 0.640 bits per heavy atom. The quantitative estimate of drug-likeness (QED) is 0.441. The van der Waals surface area contributed by atoms with E-state index in [0.717, 1.165) is 0 Å². The van der Waals surface area contributed by atoms with Crippen LogP contribution in [0.1, 0.15) is 68.2 Å². The summed E-state index contributed by atoms with van der Waals surface area (Å²) in [5.41, 5.74) is 0. The Hall–Kier alpha value is -0.406. The van der Waals surface area contributed by atoms with E-state index in [1.165, 1.54) is 12.8 Å². The first-order valence-corrected chi connectivity index (χ1v) is 11.1. The second-order valence-corrected chi connectivity index (χ2v) is 9.84. The van der Waals surface area contributed by atoms with Crippen LogP contribution in [0.4, 0.5) is 0 Å². The van der Waals surface area contributed by atoms with Gasteiger partial charge in [-0.05, 0) is 0 Å². The van der Waals surface area contributed by atoms with E-state index in [1.54, 1.807) is 7.76 Å². The molecule has 0 amide bonds. The third-order valence-corrected chi connectivity index (χ3v) is 5.22. The van der Waals surface area contributed by atoms with Gasteiger partial charge in [-0.3, -0.25) is 0 Å². The Bertz CT molecular complexity index is 401. The fourth-order valence-electron chi connectivity index (χ4n) is 2.48. The molecule has 0 aromatic carbocycles. The van der Waals surface area contributed by atoms with Crippen molar-refractivity contribution in [2.75, 3.05) is 0 Å². The van der Waals surface area contributed by atoms with Crippen molar-refractivity contribution in [3.8, 4) is 0 Å². The Morgan fingerprint density at radius 3 is 1.12 bits per heavy atom. The summed E-state index contributed by atoms with van der Waals surface area (Å²) in [5, 5.41) is 8.56. The van der Waals surface area contributed by atoms with Crippen molar-refractivity contribution in [2.24, 2.45) is 0 Å². The molecule has 2 aliphatic rings. The van der Waals surface area contributed by atoms with E-state index in [1.807, 2.05) is 0 Å². The van der Waals surface area contributed by atoms with Crippen LogP contribution in [0, 0.1) is 0 Å². The summed E-state index contributed by atoms with van der Waals surface area (Å²) < 4.78 is 3.36. The monoisotopic (exact) mass is 378 g/mol. The van der Waals surface area contributed by atoms with Gasteiger partial charge in [0.2, 0.25) is 0 Å². The van der Waals surface area contributed by atoms with Crippen LogP contribution in [0.5, 0.6) is 0 Å². The number of allylic oxidation sites excluding steroid dienone is 8. The minimum Gasteiger partial charge on any atom is -0.658 e. The topological polar surface area (TPSA) is 28.2 Å². The second-order valence-electron chi connectivity index (χ2n) is 7.45. The first-order chi connectivity index (χ1) is 11.7. The summed E-state index contributed by atoms with van der Waals surface area (Å²) in [6.07, 6.45) is 15.9. The standard InChI is InChI=1S/2C6H14N.2C5H5.Ti/c2*1-5(2)7-6(3)4;2*1-2-4-5-3-1;/h2*5-6H,1-4H3;2*1-3H,4H2;/q2*-1;;;+2. The SMILES string of the molecule is C1=CC[C]([Ti+2][C]2=CC=CC2)=C1.CC(C)[N-]C(C)C.CC(C)[N-]C(C)C. The Balaban J connectivity index is 0.000000366. The van der Waals surface area contributed by atoms with Gasteiger partial charge in [0.05, 0.1) is 0 Å². The molecule has 2 rings (SSSR count). The van der Waals surface area contributed by atoms with Crippen LogP contribution in [-0.4, -0.2) is 24.2 Å². The van der Waals surface area contributed by atoms with E-state index in [-0.39, 0.29) is 19.2 Å². The Labute approximate surface area is 166 Å². The minimum absolute atomic E-state index is 0.0833. The second kappa shape index (κ2) is 14.7. The molecule has 0 spiro atoms. The molecule has 0 saturated carbocycles. The average Bonchev–Trinajstić information content (AvgIpc) is 3.11. The summed E-state index contributed by atoms with van der Waals surface area (Å²) in [7, 11) is 0. The van der Waals surface area contributed by atoms with E-state index in [0.29, 0.717) is 24.2 Å². The van der Waals surface area contributed by atoms with Crippen LogP contribution >= 0.6 is 0 Å². The molecule has 0 bridgehead atoms. The predicted octanol–water partition coefficient (Wildman–Crippen LogP) is 7.11. The summed E-state index contributed by atoms with van der Waals surface area (Å²) in [5.74, 6) is 0. The van der Waals surface area contributed by atoms with E-state index < -0.39 is 0 Å². The van der Waals surface area contributed by atoms with E-state index in [2.05, 4.69) is 102 Å². The molecule has 0 aromatic rings. The van der Waals surface area contributed by atoms with Crippen molar-refractivity contribution in [3.63, 3.8) is 0 Å². The molecule has 0 N–H and O–H groups in total. The van der Waals surface area contributed by atoms with Crippen LogP contribution in [0.3, 0.4) is 0 Å². The molecule has 2 nitrogen and oxygen atoms in total. The van der Waals surface area contributed by atoms with Gasteiger partial charge in [-0.15, -0.1) is 24.2 Å². The molecule has 0 fully saturated rings. The predicted molar refractivity (Wildman–Crippen MR) is 111 cm³/mol. The number of hydrogen-bond donors (Lipinski definition) is 0. The van der Waals surface area contributed by atoms with Crippen LogP contribution in [-0.2, 0) is 19.2 Å². The molecular formula is C22H38N2Ti. The maximum atomic E-state index is 4.28. The van der Waals surface area contributed by atoms with Gasteiger partial charge in [0.15, 0.2) is 0 Å². The van der Waals surface area contributed by atoms with Gasteiger partial charge in [0.25, 0.3) is 0 Å². The fraction of sp³-hybridized carbons (Fsp3) is 0.636. The van der Waals surface area contributed by atoms with Gasteiger partial charge in [0, 0.05) is 0 Å². The normalized spacial score (nSPS) is 15.0. The first-order valence-electron chi connectivity index (χ1n) is 9.59. The molecule has 0 heterocycles. The van der Waals surface area contributed by atoms with Crippen molar-refractivity contribution >= 4 is 0 Å². The van der Waals surface area contributed by atoms with E-state index >= 15 is 0 Å². The zero-order valence-electron chi connectivity index (χ0n) is 17.6. The van der Waals surface area contributed by atoms with Crippen molar-refractivity contribution in [2.45, 2.75) is 92.4 Å². The Kier molecular flexibility index (Phi) is 14.5. The zero-order valence-corrected chi connectivity index (χ0v) is 19.1. The molecule has 25 heavy (non-hydrogen) atoms. The Morgan fingerprint density at radius 2 is 0.960 bits per heavy atom. The number of rotatable bonds is 6. The van der Waals surface area contributed by atoms with Gasteiger partial charge in [0.1, 0.15) is 0 Å². The third kappa shape index (κ3) is 16.8. The first kappa shape index (κ1) is 24.6. The van der Waals surface area contributed by atoms with Gasteiger partial charge in [-0.1, -0.05) is 55.4 Å². The van der Waals surface area contributed by atoms with Crippen LogP contribution in [0.25, 0.3) is 10.6 Å². The molecule has 0 aliphatic heterocycles. The zero-order chi connectivity index (χ0) is 19.2. The molecule has 140 valence electrons. The fourth-order valence-corrected chi connectivity index (χ4v) is 4.37. The largest absolute Gasteiger partial charge is 0.658 e. The molecule has 0 radical (unpaired) electrons. The maximum absolute atomic E-state index is 4.28. The van der Waals surface area contributed by atoms with Gasteiger partial charge >= 0.3 is 76.2 Å². The minimum atomic E-state index is 0.0833. The smallest absolute Gasteiger partial charge is 0.0818 e. The van der Waals surface area contributed by atoms with Crippen LogP contribution in [0.2, 0.25) is 0 Å². The van der Waals surface area contributed by atoms with Crippen molar-refractivity contribution in [1.82, 2.24) is 0 Å². The summed E-state index contributed by atoms with van der Waals surface area (Å²) in [4.78, 5) is 0. The van der Waals surface area contributed by atoms with E-state index in [9.17, 15) is 0 Å².